The number of nitrogens with zero attached hydrogens (tertiary/aromatic N) is 1. The molecule has 0 bridgehead atoms. The molecule has 115 valence electrons. The van der Waals surface area contributed by atoms with Gasteiger partial charge >= 0.3 is 13.5 Å². The Morgan fingerprint density at radius 3 is 2.67 bits per heavy atom. The summed E-state index contributed by atoms with van der Waals surface area (Å²) in [5.41, 5.74) is 10.6. The molecule has 2 aliphatic rings. The van der Waals surface area contributed by atoms with E-state index in [4.69, 9.17) is 21.2 Å². The van der Waals surface area contributed by atoms with Crippen LogP contribution >= 0.6 is 0 Å². The number of carboxylic acids is 1. The first-order valence-electron chi connectivity index (χ1n) is 6.95. The van der Waals surface area contributed by atoms with Gasteiger partial charge in [0.25, 0.3) is 0 Å². The summed E-state index contributed by atoms with van der Waals surface area (Å²) in [7, 11) is 1.30. The molecule has 0 aromatic heterocycles. The Labute approximate surface area is 123 Å². The zero-order valence-electron chi connectivity index (χ0n) is 11.6. The maximum atomic E-state index is 12.6. The van der Waals surface area contributed by atoms with Gasteiger partial charge in [-0.05, 0) is 25.2 Å². The summed E-state index contributed by atoms with van der Waals surface area (Å²) in [6, 6.07) is -0.617. The second-order valence-corrected chi connectivity index (χ2v) is 5.43. The fraction of sp³-hybridized carbons (Fsp3) is 0.750. The van der Waals surface area contributed by atoms with Crippen LogP contribution in [0.5, 0.6) is 0 Å². The van der Waals surface area contributed by atoms with Crippen molar-refractivity contribution < 1.29 is 24.1 Å². The molecule has 1 heterocycles. The van der Waals surface area contributed by atoms with Crippen LogP contribution in [0.25, 0.3) is 0 Å². The topological polar surface area (TPSA) is 136 Å². The number of carbonyl (C=O) groups excluding carboxylic acids is 2. The van der Waals surface area contributed by atoms with Crippen molar-refractivity contribution in [1.82, 2.24) is 4.90 Å². The highest BCUT2D eigenvalue weighted by molar-refractivity contribution is 6.38. The quantitative estimate of drug-likeness (QED) is 0.387. The molecule has 2 rings (SSSR count). The number of hydrogen-bond acceptors (Lipinski definition) is 5. The maximum absolute atomic E-state index is 12.6. The van der Waals surface area contributed by atoms with Crippen LogP contribution < -0.4 is 11.5 Å². The minimum atomic E-state index is -0.924. The standard InChI is InChI=1S/C12H19BN3O5/c14-5-21-13-9(6-4-7(6)12(19)20)11(18)16-3-1-2-8(16)10(15)17/h6-9H,1-5,14H2,(H2,15,17)(H,19,20). The van der Waals surface area contributed by atoms with E-state index in [2.05, 4.69) is 0 Å². The predicted molar refractivity (Wildman–Crippen MR) is 72.8 cm³/mol. The molecule has 5 N–H and O–H groups in total. The first kappa shape index (κ1) is 15.8. The molecule has 4 atom stereocenters. The number of rotatable bonds is 7. The number of aliphatic carboxylic acids is 1. The Morgan fingerprint density at radius 2 is 2.14 bits per heavy atom. The summed E-state index contributed by atoms with van der Waals surface area (Å²) in [5.74, 6) is -3.33. The number of hydrogen-bond donors (Lipinski definition) is 3. The number of nitrogens with two attached hydrogens (primary N) is 2. The molecule has 8 nitrogen and oxygen atoms in total. The molecule has 4 unspecified atom stereocenters. The van der Waals surface area contributed by atoms with Crippen molar-refractivity contribution in [2.24, 2.45) is 23.3 Å². The predicted octanol–water partition coefficient (Wildman–Crippen LogP) is -1.48. The Balaban J connectivity index is 2.07. The Kier molecular flexibility index (Phi) is 4.84. The van der Waals surface area contributed by atoms with Crippen LogP contribution in [-0.2, 0) is 19.0 Å². The molecule has 1 radical (unpaired) electrons. The molecule has 2 fully saturated rings. The zero-order chi connectivity index (χ0) is 15.6. The van der Waals surface area contributed by atoms with Crippen molar-refractivity contribution in [1.29, 1.82) is 0 Å². The first-order chi connectivity index (χ1) is 9.97. The minimum Gasteiger partial charge on any atom is -0.481 e. The van der Waals surface area contributed by atoms with Gasteiger partial charge in [0.05, 0.1) is 12.6 Å². The number of amides is 2. The van der Waals surface area contributed by atoms with Crippen LogP contribution in [0.15, 0.2) is 0 Å². The van der Waals surface area contributed by atoms with Gasteiger partial charge < -0.3 is 26.1 Å². The lowest BCUT2D eigenvalue weighted by atomic mass is 9.74. The number of carboxylic acid groups (broad SMARTS) is 1. The third kappa shape index (κ3) is 3.35. The van der Waals surface area contributed by atoms with Gasteiger partial charge in [0.1, 0.15) is 6.04 Å². The van der Waals surface area contributed by atoms with Crippen LogP contribution in [0, 0.1) is 11.8 Å². The first-order valence-corrected chi connectivity index (χ1v) is 6.95. The lowest BCUT2D eigenvalue weighted by Gasteiger charge is -2.26. The van der Waals surface area contributed by atoms with E-state index in [0.29, 0.717) is 25.8 Å². The molecule has 0 spiro atoms. The van der Waals surface area contributed by atoms with Crippen molar-refractivity contribution in [2.75, 3.05) is 13.3 Å². The van der Waals surface area contributed by atoms with Gasteiger partial charge in [0, 0.05) is 12.4 Å². The van der Waals surface area contributed by atoms with Crippen LogP contribution in [-0.4, -0.2) is 54.6 Å². The maximum Gasteiger partial charge on any atom is 0.307 e. The lowest BCUT2D eigenvalue weighted by Crippen LogP contribution is -2.46. The Hall–Kier alpha value is -1.61. The van der Waals surface area contributed by atoms with Crippen molar-refractivity contribution in [3.63, 3.8) is 0 Å². The van der Waals surface area contributed by atoms with Gasteiger partial charge in [-0.25, -0.2) is 0 Å². The summed E-state index contributed by atoms with van der Waals surface area (Å²) in [4.78, 5) is 36.4. The normalized spacial score (nSPS) is 29.0. The second kappa shape index (κ2) is 6.44. The highest BCUT2D eigenvalue weighted by Gasteiger charge is 2.52. The number of carbonyl (C=O) groups is 3. The number of primary amides is 1. The van der Waals surface area contributed by atoms with Gasteiger partial charge in [-0.3, -0.25) is 14.4 Å². The molecule has 21 heavy (non-hydrogen) atoms. The molecular weight excluding hydrogens is 277 g/mol. The second-order valence-electron chi connectivity index (χ2n) is 5.43. The van der Waals surface area contributed by atoms with Crippen molar-refractivity contribution in [3.05, 3.63) is 0 Å². The largest absolute Gasteiger partial charge is 0.481 e. The van der Waals surface area contributed by atoms with E-state index in [1.165, 1.54) is 12.4 Å². The Morgan fingerprint density at radius 1 is 1.43 bits per heavy atom. The van der Waals surface area contributed by atoms with Crippen LogP contribution in [0.2, 0.25) is 5.82 Å². The van der Waals surface area contributed by atoms with E-state index >= 15 is 0 Å². The summed E-state index contributed by atoms with van der Waals surface area (Å²) >= 11 is 0. The van der Waals surface area contributed by atoms with Crippen LogP contribution in [0.3, 0.4) is 0 Å². The van der Waals surface area contributed by atoms with E-state index in [9.17, 15) is 14.4 Å². The molecule has 0 aromatic rings. The van der Waals surface area contributed by atoms with Crippen LogP contribution in [0.4, 0.5) is 0 Å². The van der Waals surface area contributed by atoms with E-state index in [1.807, 2.05) is 0 Å². The molecule has 1 aliphatic carbocycles. The molecule has 9 heteroatoms. The van der Waals surface area contributed by atoms with E-state index in [1.54, 1.807) is 0 Å². The minimum absolute atomic E-state index is 0.0898. The molecule has 1 aliphatic heterocycles. The summed E-state index contributed by atoms with van der Waals surface area (Å²) in [6.45, 7) is 0.358. The lowest BCUT2D eigenvalue weighted by molar-refractivity contribution is -0.140. The summed E-state index contributed by atoms with van der Waals surface area (Å²) in [6.07, 6.45) is 1.67. The number of likely N-dealkylation sites (tertiary alicyclic amines) is 1. The average molecular weight is 296 g/mol. The fourth-order valence-corrected chi connectivity index (χ4v) is 2.91. The molecule has 2 amide bonds. The van der Waals surface area contributed by atoms with Gasteiger partial charge in [0.2, 0.25) is 11.8 Å². The van der Waals surface area contributed by atoms with E-state index < -0.39 is 29.7 Å². The van der Waals surface area contributed by atoms with Gasteiger partial charge in [-0.1, -0.05) is 0 Å². The summed E-state index contributed by atoms with van der Waals surface area (Å²) in [5, 5.41) is 9.01. The molecule has 1 saturated heterocycles. The monoisotopic (exact) mass is 296 g/mol. The summed E-state index contributed by atoms with van der Waals surface area (Å²) < 4.78 is 5.00. The van der Waals surface area contributed by atoms with Crippen LogP contribution in [0.1, 0.15) is 19.3 Å². The third-order valence-electron chi connectivity index (χ3n) is 4.11. The third-order valence-corrected chi connectivity index (χ3v) is 4.11. The fourth-order valence-electron chi connectivity index (χ4n) is 2.91. The van der Waals surface area contributed by atoms with Crippen molar-refractivity contribution >= 4 is 25.3 Å². The van der Waals surface area contributed by atoms with Crippen molar-refractivity contribution in [3.8, 4) is 0 Å². The van der Waals surface area contributed by atoms with Gasteiger partial charge in [-0.15, -0.1) is 0 Å². The van der Waals surface area contributed by atoms with E-state index in [-0.39, 0.29) is 18.6 Å². The zero-order valence-corrected chi connectivity index (χ0v) is 11.6. The highest BCUT2D eigenvalue weighted by Crippen LogP contribution is 2.48. The SMILES string of the molecule is NCO[B]C(C(=O)N1CCCC1C(N)=O)C1CC1C(=O)O. The smallest absolute Gasteiger partial charge is 0.307 e. The van der Waals surface area contributed by atoms with Gasteiger partial charge in [-0.2, -0.15) is 0 Å². The average Bonchev–Trinajstić information content (AvgIpc) is 3.06. The van der Waals surface area contributed by atoms with Gasteiger partial charge in [0.15, 0.2) is 0 Å². The molecular formula is C12H19BN3O5. The highest BCUT2D eigenvalue weighted by atomic mass is 16.4. The Bertz CT molecular complexity index is 447. The van der Waals surface area contributed by atoms with E-state index in [0.717, 1.165) is 0 Å². The molecule has 1 saturated carbocycles. The van der Waals surface area contributed by atoms with Crippen molar-refractivity contribution in [2.45, 2.75) is 31.1 Å². The molecule has 0 aromatic carbocycles.